The first kappa shape index (κ1) is 38.3. The summed E-state index contributed by atoms with van der Waals surface area (Å²) in [7, 11) is 0. The molecule has 14 rings (SSSR count). The van der Waals surface area contributed by atoms with Crippen LogP contribution >= 0.6 is 11.3 Å². The average Bonchev–Trinajstić information content (AvgIpc) is 4.07. The highest BCUT2D eigenvalue weighted by atomic mass is 32.1. The second-order valence-corrected chi connectivity index (χ2v) is 19.9. The molecule has 11 aromatic rings. The Morgan fingerprint density at radius 1 is 0.313 bits per heavy atom. The van der Waals surface area contributed by atoms with E-state index in [-0.39, 0.29) is 5.41 Å². The van der Waals surface area contributed by atoms with Crippen LogP contribution in [0, 0.1) is 0 Å². The highest BCUT2D eigenvalue weighted by Gasteiger charge is 2.51. The van der Waals surface area contributed by atoms with Gasteiger partial charge in [0.2, 0.25) is 0 Å². The van der Waals surface area contributed by atoms with E-state index in [4.69, 9.17) is 0 Å². The van der Waals surface area contributed by atoms with Crippen LogP contribution in [0.1, 0.15) is 47.2 Å². The second kappa shape index (κ2) is 14.3. The van der Waals surface area contributed by atoms with E-state index in [1.54, 1.807) is 0 Å². The molecule has 316 valence electrons. The number of rotatable bonds is 6. The van der Waals surface area contributed by atoms with Gasteiger partial charge in [-0.25, -0.2) is 0 Å². The molecule has 1 spiro atoms. The summed E-state index contributed by atoms with van der Waals surface area (Å²) in [5.74, 6) is 0. The van der Waals surface area contributed by atoms with Gasteiger partial charge in [0.15, 0.2) is 0 Å². The number of benzene rings is 10. The highest BCUT2D eigenvalue weighted by molar-refractivity contribution is 7.26. The van der Waals surface area contributed by atoms with Crippen LogP contribution in [0.2, 0.25) is 0 Å². The SMILES string of the molecule is CC1(C)c2ccccc2-c2ccc(N(c3ccccc3)c3cccc4sc5cc(N(c6ccccc6)c6ccc7c(c6)C6(c8ccccc8-c8ccccc86)c6ccccc6-7)ccc5c34)cc21. The van der Waals surface area contributed by atoms with Crippen LogP contribution in [0.5, 0.6) is 0 Å². The van der Waals surface area contributed by atoms with Gasteiger partial charge in [0.05, 0.1) is 11.1 Å². The summed E-state index contributed by atoms with van der Waals surface area (Å²) in [6.07, 6.45) is 0. The number of anilines is 6. The first-order chi connectivity index (χ1) is 33.0. The number of hydrogen-bond donors (Lipinski definition) is 0. The van der Waals surface area contributed by atoms with Crippen LogP contribution in [0.4, 0.5) is 34.1 Å². The van der Waals surface area contributed by atoms with Gasteiger partial charge in [-0.15, -0.1) is 11.3 Å². The normalized spacial score (nSPS) is 14.1. The molecule has 0 N–H and O–H groups in total. The Labute approximate surface area is 395 Å². The van der Waals surface area contributed by atoms with Gasteiger partial charge in [0.25, 0.3) is 0 Å². The molecule has 3 aliphatic rings. The van der Waals surface area contributed by atoms with Crippen LogP contribution < -0.4 is 9.80 Å². The fourth-order valence-corrected chi connectivity index (χ4v) is 13.4. The van der Waals surface area contributed by atoms with Crippen molar-refractivity contribution >= 4 is 65.6 Å². The predicted octanol–water partition coefficient (Wildman–Crippen LogP) is 17.6. The molecule has 0 radical (unpaired) electrons. The van der Waals surface area contributed by atoms with Crippen molar-refractivity contribution in [1.29, 1.82) is 0 Å². The maximum atomic E-state index is 2.49. The zero-order valence-corrected chi connectivity index (χ0v) is 38.1. The van der Waals surface area contributed by atoms with Gasteiger partial charge in [-0.1, -0.05) is 172 Å². The number of para-hydroxylation sites is 2. The maximum absolute atomic E-state index is 2.49. The summed E-state index contributed by atoms with van der Waals surface area (Å²) in [6, 6.07) is 86.1. The molecule has 1 aromatic heterocycles. The van der Waals surface area contributed by atoms with Crippen molar-refractivity contribution in [3.8, 4) is 33.4 Å². The Hall–Kier alpha value is -7.98. The van der Waals surface area contributed by atoms with Crippen LogP contribution in [-0.4, -0.2) is 0 Å². The number of fused-ring (bicyclic) bond motifs is 16. The van der Waals surface area contributed by atoms with E-state index >= 15 is 0 Å². The third-order valence-corrected chi connectivity index (χ3v) is 16.2. The van der Waals surface area contributed by atoms with Crippen molar-refractivity contribution in [3.63, 3.8) is 0 Å². The monoisotopic (exact) mass is 872 g/mol. The molecule has 2 nitrogen and oxygen atoms in total. The lowest BCUT2D eigenvalue weighted by atomic mass is 9.70. The quantitative estimate of drug-likeness (QED) is 0.164. The van der Waals surface area contributed by atoms with Gasteiger partial charge in [0, 0.05) is 54.0 Å². The Morgan fingerprint density at radius 3 is 1.37 bits per heavy atom. The Balaban J connectivity index is 0.942. The summed E-state index contributed by atoms with van der Waals surface area (Å²) in [5.41, 5.74) is 22.4. The van der Waals surface area contributed by atoms with E-state index in [9.17, 15) is 0 Å². The Bertz CT molecular complexity index is 3740. The molecule has 10 aromatic carbocycles. The Morgan fingerprint density at radius 2 is 0.761 bits per heavy atom. The molecule has 0 fully saturated rings. The molecule has 3 heteroatoms. The summed E-state index contributed by atoms with van der Waals surface area (Å²) in [4.78, 5) is 4.92. The van der Waals surface area contributed by atoms with Crippen molar-refractivity contribution in [3.05, 3.63) is 264 Å². The molecule has 0 amide bonds. The predicted molar refractivity (Wildman–Crippen MR) is 283 cm³/mol. The van der Waals surface area contributed by atoms with Gasteiger partial charge >= 0.3 is 0 Å². The minimum Gasteiger partial charge on any atom is -0.310 e. The smallest absolute Gasteiger partial charge is 0.0726 e. The van der Waals surface area contributed by atoms with Crippen LogP contribution in [0.3, 0.4) is 0 Å². The Kier molecular flexibility index (Phi) is 8.15. The first-order valence-electron chi connectivity index (χ1n) is 23.3. The molecule has 67 heavy (non-hydrogen) atoms. The number of thiophene rings is 1. The first-order valence-corrected chi connectivity index (χ1v) is 24.2. The molecule has 0 saturated carbocycles. The molecule has 0 atom stereocenters. The van der Waals surface area contributed by atoms with E-state index in [0.717, 1.165) is 28.4 Å². The second-order valence-electron chi connectivity index (χ2n) is 18.8. The number of nitrogens with zero attached hydrogens (tertiary/aromatic N) is 2. The lowest BCUT2D eigenvalue weighted by molar-refractivity contribution is 0.660. The lowest BCUT2D eigenvalue weighted by Crippen LogP contribution is -2.26. The highest BCUT2D eigenvalue weighted by Crippen LogP contribution is 2.63. The minimum absolute atomic E-state index is 0.109. The van der Waals surface area contributed by atoms with E-state index in [1.807, 2.05) is 11.3 Å². The van der Waals surface area contributed by atoms with Crippen molar-refractivity contribution < 1.29 is 0 Å². The van der Waals surface area contributed by atoms with Crippen molar-refractivity contribution in [2.24, 2.45) is 0 Å². The molecule has 0 saturated heterocycles. The molecule has 1 heterocycles. The zero-order valence-electron chi connectivity index (χ0n) is 37.2. The number of hydrogen-bond acceptors (Lipinski definition) is 3. The standard InChI is InChI=1S/C64H44N2S/c1-63(2)53-26-13-9-22-46(53)50-35-33-44(38-57(50)63)66(42-20-7-4-8-21-42)59-30-17-31-60-62(59)52-37-34-45(40-61(52)67-60)65(41-18-5-3-6-19-41)43-32-36-51-49-25-12-16-29-56(49)64(58(51)39-43)54-27-14-10-23-47(54)48-24-11-15-28-55(48)64/h3-40H,1-2H3. The average molecular weight is 873 g/mol. The van der Waals surface area contributed by atoms with Gasteiger partial charge < -0.3 is 9.80 Å². The van der Waals surface area contributed by atoms with Gasteiger partial charge in [-0.3, -0.25) is 0 Å². The van der Waals surface area contributed by atoms with Gasteiger partial charge in [-0.05, 0) is 140 Å². The molecule has 3 aliphatic carbocycles. The van der Waals surface area contributed by atoms with Crippen LogP contribution in [0.25, 0.3) is 53.6 Å². The molecular formula is C64H44N2S. The van der Waals surface area contributed by atoms with E-state index in [1.165, 1.54) is 92.6 Å². The minimum atomic E-state index is -0.424. The van der Waals surface area contributed by atoms with Crippen molar-refractivity contribution in [1.82, 2.24) is 0 Å². The molecule has 0 aliphatic heterocycles. The summed E-state index contributed by atoms with van der Waals surface area (Å²) in [5, 5.41) is 2.52. The summed E-state index contributed by atoms with van der Waals surface area (Å²) < 4.78 is 2.52. The van der Waals surface area contributed by atoms with Crippen LogP contribution in [-0.2, 0) is 10.8 Å². The third kappa shape index (κ3) is 5.32. The van der Waals surface area contributed by atoms with Crippen LogP contribution in [0.15, 0.2) is 231 Å². The van der Waals surface area contributed by atoms with Crippen molar-refractivity contribution in [2.45, 2.75) is 24.7 Å². The van der Waals surface area contributed by atoms with E-state index in [0.29, 0.717) is 0 Å². The summed E-state index contributed by atoms with van der Waals surface area (Å²) >= 11 is 1.88. The lowest BCUT2D eigenvalue weighted by Gasteiger charge is -2.32. The molecular weight excluding hydrogens is 829 g/mol. The summed E-state index contributed by atoms with van der Waals surface area (Å²) in [6.45, 7) is 4.73. The van der Waals surface area contributed by atoms with E-state index in [2.05, 4.69) is 254 Å². The zero-order chi connectivity index (χ0) is 44.4. The van der Waals surface area contributed by atoms with Gasteiger partial charge in [-0.2, -0.15) is 0 Å². The topological polar surface area (TPSA) is 6.48 Å². The molecule has 0 bridgehead atoms. The fourth-order valence-electron chi connectivity index (χ4n) is 12.2. The maximum Gasteiger partial charge on any atom is 0.0726 e. The fraction of sp³-hybridized carbons (Fsp3) is 0.0625. The van der Waals surface area contributed by atoms with Gasteiger partial charge in [0.1, 0.15) is 0 Å². The third-order valence-electron chi connectivity index (χ3n) is 15.1. The van der Waals surface area contributed by atoms with E-state index < -0.39 is 5.41 Å². The largest absolute Gasteiger partial charge is 0.310 e. The molecule has 0 unspecified atom stereocenters. The van der Waals surface area contributed by atoms with Crippen molar-refractivity contribution in [2.75, 3.05) is 9.80 Å².